The SMILES string of the molecule is CCN(CCCO)C(=O)C1(C(N)=S)CC(C)C1. The molecule has 0 aromatic heterocycles. The zero-order chi connectivity index (χ0) is 13.1. The van der Waals surface area contributed by atoms with Gasteiger partial charge in [-0.05, 0) is 32.1 Å². The number of nitrogens with zero attached hydrogens (tertiary/aromatic N) is 1. The van der Waals surface area contributed by atoms with Crippen molar-refractivity contribution in [1.82, 2.24) is 4.90 Å². The van der Waals surface area contributed by atoms with Gasteiger partial charge in [-0.15, -0.1) is 0 Å². The molecule has 1 aliphatic rings. The maximum Gasteiger partial charge on any atom is 0.235 e. The van der Waals surface area contributed by atoms with E-state index in [0.717, 1.165) is 12.8 Å². The third kappa shape index (κ3) is 2.77. The van der Waals surface area contributed by atoms with Crippen molar-refractivity contribution in [3.05, 3.63) is 0 Å². The first-order chi connectivity index (χ1) is 7.97. The van der Waals surface area contributed by atoms with E-state index in [4.69, 9.17) is 23.1 Å². The minimum Gasteiger partial charge on any atom is -0.396 e. The van der Waals surface area contributed by atoms with Gasteiger partial charge in [0.15, 0.2) is 0 Å². The van der Waals surface area contributed by atoms with Gasteiger partial charge in [-0.25, -0.2) is 0 Å². The Morgan fingerprint density at radius 1 is 1.59 bits per heavy atom. The van der Waals surface area contributed by atoms with E-state index >= 15 is 0 Å². The van der Waals surface area contributed by atoms with Crippen LogP contribution >= 0.6 is 12.2 Å². The maximum atomic E-state index is 12.4. The Hall–Kier alpha value is -0.680. The number of nitrogens with two attached hydrogens (primary N) is 1. The largest absolute Gasteiger partial charge is 0.396 e. The van der Waals surface area contributed by atoms with Gasteiger partial charge in [-0.2, -0.15) is 0 Å². The zero-order valence-corrected chi connectivity index (χ0v) is 11.4. The van der Waals surface area contributed by atoms with E-state index < -0.39 is 5.41 Å². The summed E-state index contributed by atoms with van der Waals surface area (Å²) in [5.41, 5.74) is 5.14. The highest BCUT2D eigenvalue weighted by molar-refractivity contribution is 7.80. The van der Waals surface area contributed by atoms with Crippen LogP contribution < -0.4 is 5.73 Å². The maximum absolute atomic E-state index is 12.4. The molecule has 0 radical (unpaired) electrons. The van der Waals surface area contributed by atoms with Gasteiger partial charge in [0.1, 0.15) is 0 Å². The molecule has 0 atom stereocenters. The fourth-order valence-corrected chi connectivity index (χ4v) is 2.83. The number of carbonyl (C=O) groups is 1. The van der Waals surface area contributed by atoms with Crippen LogP contribution in [0.25, 0.3) is 0 Å². The number of thiocarbonyl (C=S) groups is 1. The van der Waals surface area contributed by atoms with Crippen LogP contribution in [0.15, 0.2) is 0 Å². The summed E-state index contributed by atoms with van der Waals surface area (Å²) in [6, 6.07) is 0. The number of rotatable bonds is 6. The van der Waals surface area contributed by atoms with E-state index in [9.17, 15) is 4.79 Å². The molecule has 0 unspecified atom stereocenters. The van der Waals surface area contributed by atoms with Crippen LogP contribution in [0, 0.1) is 11.3 Å². The Morgan fingerprint density at radius 2 is 2.18 bits per heavy atom. The number of aliphatic hydroxyl groups is 1. The Balaban J connectivity index is 2.74. The molecule has 1 rings (SSSR count). The summed E-state index contributed by atoms with van der Waals surface area (Å²) in [6.45, 7) is 5.35. The van der Waals surface area contributed by atoms with Crippen molar-refractivity contribution in [2.75, 3.05) is 19.7 Å². The monoisotopic (exact) mass is 258 g/mol. The molecule has 4 nitrogen and oxygen atoms in total. The quantitative estimate of drug-likeness (QED) is 0.695. The Labute approximate surface area is 108 Å². The molecule has 98 valence electrons. The van der Waals surface area contributed by atoms with Crippen molar-refractivity contribution in [3.63, 3.8) is 0 Å². The highest BCUT2D eigenvalue weighted by Gasteiger charge is 2.52. The molecule has 0 heterocycles. The molecular formula is C12H22N2O2S. The number of hydrogen-bond donors (Lipinski definition) is 2. The van der Waals surface area contributed by atoms with Gasteiger partial charge in [-0.3, -0.25) is 4.79 Å². The highest BCUT2D eigenvalue weighted by Crippen LogP contribution is 2.47. The third-order valence-electron chi connectivity index (χ3n) is 3.53. The Morgan fingerprint density at radius 3 is 2.53 bits per heavy atom. The molecule has 0 aromatic rings. The first-order valence-corrected chi connectivity index (χ1v) is 6.59. The second-order valence-electron chi connectivity index (χ2n) is 4.92. The molecule has 3 N–H and O–H groups in total. The average Bonchev–Trinajstić information content (AvgIpc) is 2.24. The molecule has 0 saturated heterocycles. The minimum atomic E-state index is -0.611. The summed E-state index contributed by atoms with van der Waals surface area (Å²) < 4.78 is 0. The van der Waals surface area contributed by atoms with Crippen molar-refractivity contribution in [2.24, 2.45) is 17.1 Å². The van der Waals surface area contributed by atoms with Crippen LogP contribution in [-0.4, -0.2) is 40.6 Å². The summed E-state index contributed by atoms with van der Waals surface area (Å²) >= 11 is 5.07. The number of aliphatic hydroxyl groups excluding tert-OH is 1. The second-order valence-corrected chi connectivity index (χ2v) is 5.36. The standard InChI is InChI=1S/C12H22N2O2S/c1-3-14(5-4-6-15)11(16)12(10(13)17)7-9(2)8-12/h9,15H,3-8H2,1-2H3,(H2,13,17). The second kappa shape index (κ2) is 5.78. The van der Waals surface area contributed by atoms with E-state index in [1.165, 1.54) is 0 Å². The van der Waals surface area contributed by atoms with E-state index in [-0.39, 0.29) is 12.5 Å². The molecule has 5 heteroatoms. The van der Waals surface area contributed by atoms with Gasteiger partial charge in [0.25, 0.3) is 0 Å². The lowest BCUT2D eigenvalue weighted by Gasteiger charge is -2.46. The van der Waals surface area contributed by atoms with Crippen molar-refractivity contribution < 1.29 is 9.90 Å². The van der Waals surface area contributed by atoms with Crippen molar-refractivity contribution in [1.29, 1.82) is 0 Å². The Kier molecular flexibility index (Phi) is 4.89. The summed E-state index contributed by atoms with van der Waals surface area (Å²) in [4.78, 5) is 14.5. The molecular weight excluding hydrogens is 236 g/mol. The lowest BCUT2D eigenvalue weighted by molar-refractivity contribution is -0.144. The summed E-state index contributed by atoms with van der Waals surface area (Å²) in [5, 5.41) is 8.83. The lowest BCUT2D eigenvalue weighted by atomic mass is 9.61. The topological polar surface area (TPSA) is 66.6 Å². The van der Waals surface area contributed by atoms with Crippen molar-refractivity contribution >= 4 is 23.1 Å². The zero-order valence-electron chi connectivity index (χ0n) is 10.6. The average molecular weight is 258 g/mol. The smallest absolute Gasteiger partial charge is 0.235 e. The molecule has 0 aromatic carbocycles. The fraction of sp³-hybridized carbons (Fsp3) is 0.833. The molecule has 17 heavy (non-hydrogen) atoms. The molecule has 1 aliphatic carbocycles. The van der Waals surface area contributed by atoms with Crippen LogP contribution in [-0.2, 0) is 4.79 Å². The van der Waals surface area contributed by atoms with Crippen LogP contribution in [0.5, 0.6) is 0 Å². The lowest BCUT2D eigenvalue weighted by Crippen LogP contribution is -2.57. The van der Waals surface area contributed by atoms with Crippen LogP contribution in [0.3, 0.4) is 0 Å². The molecule has 1 amide bonds. The molecule has 0 aliphatic heterocycles. The minimum absolute atomic E-state index is 0.0408. The molecule has 0 bridgehead atoms. The molecule has 1 fully saturated rings. The Bertz CT molecular complexity index is 301. The van der Waals surface area contributed by atoms with E-state index in [2.05, 4.69) is 6.92 Å². The summed E-state index contributed by atoms with van der Waals surface area (Å²) in [5.74, 6) is 0.552. The predicted molar refractivity (Wildman–Crippen MR) is 71.6 cm³/mol. The van der Waals surface area contributed by atoms with E-state index in [1.54, 1.807) is 4.90 Å². The fourth-order valence-electron chi connectivity index (χ4n) is 2.58. The number of carbonyl (C=O) groups excluding carboxylic acids is 1. The van der Waals surface area contributed by atoms with Gasteiger partial charge in [-0.1, -0.05) is 19.1 Å². The molecule has 1 saturated carbocycles. The third-order valence-corrected chi connectivity index (χ3v) is 3.92. The van der Waals surface area contributed by atoms with Crippen LogP contribution in [0.1, 0.15) is 33.1 Å². The van der Waals surface area contributed by atoms with Crippen molar-refractivity contribution in [3.8, 4) is 0 Å². The van der Waals surface area contributed by atoms with Gasteiger partial charge in [0, 0.05) is 19.7 Å². The van der Waals surface area contributed by atoms with Crippen LogP contribution in [0.4, 0.5) is 0 Å². The predicted octanol–water partition coefficient (Wildman–Crippen LogP) is 0.920. The summed E-state index contributed by atoms with van der Waals surface area (Å²) in [7, 11) is 0. The van der Waals surface area contributed by atoms with Gasteiger partial charge >= 0.3 is 0 Å². The van der Waals surface area contributed by atoms with Crippen LogP contribution in [0.2, 0.25) is 0 Å². The first kappa shape index (κ1) is 14.4. The van der Waals surface area contributed by atoms with Crippen molar-refractivity contribution in [2.45, 2.75) is 33.1 Å². The number of hydrogen-bond acceptors (Lipinski definition) is 3. The first-order valence-electron chi connectivity index (χ1n) is 6.18. The summed E-state index contributed by atoms with van der Waals surface area (Å²) in [6.07, 6.45) is 2.12. The van der Waals surface area contributed by atoms with Gasteiger partial charge < -0.3 is 15.7 Å². The van der Waals surface area contributed by atoms with Gasteiger partial charge in [0.05, 0.1) is 10.4 Å². The van der Waals surface area contributed by atoms with E-state index in [0.29, 0.717) is 30.4 Å². The normalized spacial score (nSPS) is 27.4. The highest BCUT2D eigenvalue weighted by atomic mass is 32.1. The number of amides is 1. The van der Waals surface area contributed by atoms with E-state index in [1.807, 2.05) is 6.92 Å². The molecule has 0 spiro atoms. The van der Waals surface area contributed by atoms with Gasteiger partial charge in [0.2, 0.25) is 5.91 Å².